The Morgan fingerprint density at radius 3 is 2.59 bits per heavy atom. The number of fused-ring (bicyclic) bond motifs is 1. The smallest absolute Gasteiger partial charge is 0.129 e. The van der Waals surface area contributed by atoms with E-state index in [-0.39, 0.29) is 5.82 Å². The van der Waals surface area contributed by atoms with Gasteiger partial charge in [0.05, 0.1) is 6.54 Å². The summed E-state index contributed by atoms with van der Waals surface area (Å²) in [5.74, 6) is -0.265. The minimum atomic E-state index is -0.265. The molecule has 0 unspecified atom stereocenters. The van der Waals surface area contributed by atoms with Crippen LogP contribution in [-0.2, 0) is 13.1 Å². The summed E-state index contributed by atoms with van der Waals surface area (Å²) in [6.45, 7) is 9.71. The van der Waals surface area contributed by atoms with Crippen LogP contribution in [-0.4, -0.2) is 35.6 Å². The summed E-state index contributed by atoms with van der Waals surface area (Å²) in [7, 11) is 0. The van der Waals surface area contributed by atoms with Gasteiger partial charge in [-0.05, 0) is 36.9 Å². The van der Waals surface area contributed by atoms with Gasteiger partial charge < -0.3 is 14.8 Å². The van der Waals surface area contributed by atoms with Crippen LogP contribution < -0.4 is 5.32 Å². The largest absolute Gasteiger partial charge is 0.343 e. The third-order valence-electron chi connectivity index (χ3n) is 5.08. The molecule has 0 spiro atoms. The van der Waals surface area contributed by atoms with Crippen molar-refractivity contribution in [1.82, 2.24) is 14.8 Å². The fourth-order valence-electron chi connectivity index (χ4n) is 3.45. The topological polar surface area (TPSA) is 20.2 Å². The molecular weight excluding hydrogens is 361 g/mol. The molecule has 0 bridgehead atoms. The minimum Gasteiger partial charge on any atom is -0.343 e. The highest BCUT2D eigenvalue weighted by atomic mass is 35.5. The van der Waals surface area contributed by atoms with E-state index in [1.54, 1.807) is 12.1 Å². The highest BCUT2D eigenvalue weighted by Crippen LogP contribution is 2.25. The number of hydrogen-bond acceptors (Lipinski definition) is 2. The minimum absolute atomic E-state index is 0.265. The van der Waals surface area contributed by atoms with Crippen molar-refractivity contribution in [1.29, 1.82) is 0 Å². The Kier molecular flexibility index (Phi) is 6.89. The van der Waals surface area contributed by atoms with Crippen molar-refractivity contribution in [3.05, 3.63) is 70.6 Å². The molecule has 0 aliphatic rings. The number of aromatic nitrogens is 1. The summed E-state index contributed by atoms with van der Waals surface area (Å²) in [6.07, 6.45) is 2.11. The molecule has 144 valence electrons. The van der Waals surface area contributed by atoms with Crippen LogP contribution in [0.3, 0.4) is 0 Å². The molecule has 1 heterocycles. The summed E-state index contributed by atoms with van der Waals surface area (Å²) >= 11 is 6.23. The summed E-state index contributed by atoms with van der Waals surface area (Å²) in [5, 5.41) is 5.20. The van der Waals surface area contributed by atoms with Crippen molar-refractivity contribution < 1.29 is 4.39 Å². The van der Waals surface area contributed by atoms with Crippen LogP contribution in [0, 0.1) is 5.82 Å². The second-order valence-electron chi connectivity index (χ2n) is 6.70. The molecule has 0 amide bonds. The third-order valence-corrected chi connectivity index (χ3v) is 5.43. The van der Waals surface area contributed by atoms with E-state index >= 15 is 0 Å². The lowest BCUT2D eigenvalue weighted by molar-refractivity contribution is 0.302. The first kappa shape index (κ1) is 19.9. The Labute approximate surface area is 165 Å². The Morgan fingerprint density at radius 1 is 1.07 bits per heavy atom. The molecule has 0 radical (unpaired) electrons. The van der Waals surface area contributed by atoms with Gasteiger partial charge in [-0.2, -0.15) is 0 Å². The zero-order valence-electron chi connectivity index (χ0n) is 16.0. The Bertz CT molecular complexity index is 866. The van der Waals surface area contributed by atoms with E-state index in [0.717, 1.165) is 38.2 Å². The van der Waals surface area contributed by atoms with Crippen molar-refractivity contribution in [2.45, 2.75) is 26.9 Å². The van der Waals surface area contributed by atoms with E-state index in [9.17, 15) is 4.39 Å². The Balaban J connectivity index is 1.78. The number of likely N-dealkylation sites (N-methyl/N-ethyl adjacent to an activating group) is 1. The van der Waals surface area contributed by atoms with Crippen LogP contribution in [0.2, 0.25) is 5.02 Å². The van der Waals surface area contributed by atoms with Gasteiger partial charge in [-0.3, -0.25) is 0 Å². The highest BCUT2D eigenvalue weighted by Gasteiger charge is 2.12. The highest BCUT2D eigenvalue weighted by molar-refractivity contribution is 6.31. The summed E-state index contributed by atoms with van der Waals surface area (Å²) in [5.41, 5.74) is 2.84. The Hall–Kier alpha value is -1.88. The first-order valence-corrected chi connectivity index (χ1v) is 9.94. The van der Waals surface area contributed by atoms with E-state index in [1.807, 2.05) is 12.1 Å². The maximum atomic E-state index is 14.2. The van der Waals surface area contributed by atoms with Crippen LogP contribution in [0.4, 0.5) is 4.39 Å². The van der Waals surface area contributed by atoms with E-state index in [1.165, 1.54) is 17.0 Å². The van der Waals surface area contributed by atoms with Crippen molar-refractivity contribution in [3.8, 4) is 0 Å². The molecule has 3 rings (SSSR count). The average molecular weight is 388 g/mol. The number of benzene rings is 2. The van der Waals surface area contributed by atoms with Gasteiger partial charge in [0.15, 0.2) is 0 Å². The molecule has 2 aromatic carbocycles. The summed E-state index contributed by atoms with van der Waals surface area (Å²) < 4.78 is 16.3. The van der Waals surface area contributed by atoms with Gasteiger partial charge in [-0.25, -0.2) is 4.39 Å². The fraction of sp³-hybridized carbons (Fsp3) is 0.364. The molecule has 0 atom stereocenters. The number of rotatable bonds is 9. The van der Waals surface area contributed by atoms with Crippen LogP contribution in [0.25, 0.3) is 10.9 Å². The monoisotopic (exact) mass is 387 g/mol. The lowest BCUT2D eigenvalue weighted by Crippen LogP contribution is -2.31. The molecule has 0 saturated carbocycles. The van der Waals surface area contributed by atoms with Crippen molar-refractivity contribution in [2.75, 3.05) is 26.2 Å². The first-order chi connectivity index (χ1) is 13.1. The van der Waals surface area contributed by atoms with Crippen LogP contribution in [0.5, 0.6) is 0 Å². The van der Waals surface area contributed by atoms with Crippen molar-refractivity contribution in [3.63, 3.8) is 0 Å². The maximum Gasteiger partial charge on any atom is 0.129 e. The lowest BCUT2D eigenvalue weighted by Gasteiger charge is -2.17. The molecule has 27 heavy (non-hydrogen) atoms. The standard InChI is InChI=1S/C22H27ClFN3/c1-3-26(4-2)13-12-25-14-17-15-27(22-11-6-5-8-18(17)22)16-19-20(23)9-7-10-21(19)24/h5-11,15,25H,3-4,12-14,16H2,1-2H3. The van der Waals surface area contributed by atoms with Crippen LogP contribution in [0.15, 0.2) is 48.7 Å². The molecule has 0 saturated heterocycles. The van der Waals surface area contributed by atoms with E-state index < -0.39 is 0 Å². The summed E-state index contributed by atoms with van der Waals surface area (Å²) in [6, 6.07) is 13.1. The van der Waals surface area contributed by atoms with Crippen molar-refractivity contribution in [2.24, 2.45) is 0 Å². The molecule has 3 nitrogen and oxygen atoms in total. The number of nitrogens with zero attached hydrogens (tertiary/aromatic N) is 2. The quantitative estimate of drug-likeness (QED) is 0.526. The molecule has 5 heteroatoms. The van der Waals surface area contributed by atoms with Gasteiger partial charge in [-0.15, -0.1) is 0 Å². The van der Waals surface area contributed by atoms with Gasteiger partial charge >= 0.3 is 0 Å². The van der Waals surface area contributed by atoms with Crippen LogP contribution >= 0.6 is 11.6 Å². The van der Waals surface area contributed by atoms with Crippen LogP contribution in [0.1, 0.15) is 25.0 Å². The zero-order valence-corrected chi connectivity index (χ0v) is 16.8. The predicted octanol–water partition coefficient (Wildman–Crippen LogP) is 4.91. The molecule has 0 aliphatic heterocycles. The summed E-state index contributed by atoms with van der Waals surface area (Å²) in [4.78, 5) is 2.40. The average Bonchev–Trinajstić information content (AvgIpc) is 3.03. The molecule has 1 N–H and O–H groups in total. The van der Waals surface area contributed by atoms with E-state index in [2.05, 4.69) is 47.0 Å². The van der Waals surface area contributed by atoms with E-state index in [4.69, 9.17) is 11.6 Å². The van der Waals surface area contributed by atoms with Gasteiger partial charge in [-0.1, -0.05) is 49.7 Å². The second-order valence-corrected chi connectivity index (χ2v) is 7.11. The Morgan fingerprint density at radius 2 is 1.85 bits per heavy atom. The molecule has 0 fully saturated rings. The fourth-order valence-corrected chi connectivity index (χ4v) is 3.67. The first-order valence-electron chi connectivity index (χ1n) is 9.56. The van der Waals surface area contributed by atoms with Gasteiger partial charge in [0.25, 0.3) is 0 Å². The predicted molar refractivity (Wildman–Crippen MR) is 112 cm³/mol. The SMILES string of the molecule is CCN(CC)CCNCc1cn(Cc2c(F)cccc2Cl)c2ccccc12. The van der Waals surface area contributed by atoms with E-state index in [0.29, 0.717) is 17.1 Å². The molecule has 3 aromatic rings. The number of hydrogen-bond donors (Lipinski definition) is 1. The third kappa shape index (κ3) is 4.70. The normalized spacial score (nSPS) is 11.6. The maximum absolute atomic E-state index is 14.2. The lowest BCUT2D eigenvalue weighted by atomic mass is 10.2. The van der Waals surface area contributed by atoms with Gasteiger partial charge in [0, 0.05) is 47.3 Å². The molecule has 1 aromatic heterocycles. The van der Waals surface area contributed by atoms with Gasteiger partial charge in [0.1, 0.15) is 5.82 Å². The molecule has 0 aliphatic carbocycles. The number of halogens is 2. The number of nitrogens with one attached hydrogen (secondary N) is 1. The van der Waals surface area contributed by atoms with Crippen molar-refractivity contribution >= 4 is 22.5 Å². The molecular formula is C22H27ClFN3. The second kappa shape index (κ2) is 9.36. The zero-order chi connectivity index (χ0) is 19.2. The van der Waals surface area contributed by atoms with Gasteiger partial charge in [0.2, 0.25) is 0 Å². The number of para-hydroxylation sites is 1.